The summed E-state index contributed by atoms with van der Waals surface area (Å²) in [6.07, 6.45) is 1.00. The molecule has 1 aromatic rings. The van der Waals surface area contributed by atoms with E-state index in [-0.39, 0.29) is 29.1 Å². The summed E-state index contributed by atoms with van der Waals surface area (Å²) < 4.78 is 22.6. The highest BCUT2D eigenvalue weighted by atomic mass is 32.2. The van der Waals surface area contributed by atoms with E-state index in [0.717, 1.165) is 0 Å². The number of nitro groups is 1. The first kappa shape index (κ1) is 13.5. The highest BCUT2D eigenvalue weighted by Crippen LogP contribution is 2.22. The second-order valence-electron chi connectivity index (χ2n) is 4.43. The molecule has 0 aromatic carbocycles. The predicted molar refractivity (Wildman–Crippen MR) is 70.6 cm³/mol. The van der Waals surface area contributed by atoms with Crippen LogP contribution in [0.2, 0.25) is 0 Å². The van der Waals surface area contributed by atoms with Gasteiger partial charge in [0.25, 0.3) is 0 Å². The minimum absolute atomic E-state index is 0.00289. The lowest BCUT2D eigenvalue weighted by molar-refractivity contribution is -0.384. The quantitative estimate of drug-likeness (QED) is 0.613. The Morgan fingerprint density at radius 2 is 2.00 bits per heavy atom. The molecule has 0 amide bonds. The summed E-state index contributed by atoms with van der Waals surface area (Å²) in [5, 5.41) is 13.6. The first-order chi connectivity index (χ1) is 8.87. The largest absolute Gasteiger partial charge is 0.378 e. The molecule has 0 radical (unpaired) electrons. The van der Waals surface area contributed by atoms with Gasteiger partial charge in [-0.1, -0.05) is 0 Å². The lowest BCUT2D eigenvalue weighted by Gasteiger charge is -2.23. The molecule has 9 heteroatoms. The first-order valence-electron chi connectivity index (χ1n) is 5.75. The molecule has 1 fully saturated rings. The highest BCUT2D eigenvalue weighted by Gasteiger charge is 2.24. The maximum Gasteiger partial charge on any atom is 0.311 e. The Morgan fingerprint density at radius 1 is 1.37 bits per heavy atom. The van der Waals surface area contributed by atoms with Crippen molar-refractivity contribution >= 4 is 27.2 Å². The Kier molecular flexibility index (Phi) is 3.56. The van der Waals surface area contributed by atoms with Gasteiger partial charge >= 0.3 is 5.69 Å². The molecular weight excluding hydrogens is 272 g/mol. The number of nitrogen functional groups attached to an aromatic ring is 1. The zero-order valence-electron chi connectivity index (χ0n) is 10.1. The number of anilines is 2. The lowest BCUT2D eigenvalue weighted by atomic mass is 10.1. The van der Waals surface area contributed by atoms with Crippen LogP contribution in [-0.4, -0.2) is 35.9 Å². The van der Waals surface area contributed by atoms with Gasteiger partial charge in [0.15, 0.2) is 0 Å². The molecule has 0 bridgehead atoms. The van der Waals surface area contributed by atoms with Crippen LogP contribution in [0.5, 0.6) is 0 Å². The van der Waals surface area contributed by atoms with Gasteiger partial charge in [-0.2, -0.15) is 0 Å². The summed E-state index contributed by atoms with van der Waals surface area (Å²) >= 11 is 0. The van der Waals surface area contributed by atoms with E-state index in [4.69, 9.17) is 5.73 Å². The normalized spacial score (nSPS) is 18.9. The van der Waals surface area contributed by atoms with Crippen LogP contribution in [0.3, 0.4) is 0 Å². The molecule has 0 atom stereocenters. The van der Waals surface area contributed by atoms with E-state index in [2.05, 4.69) is 10.3 Å². The molecule has 3 N–H and O–H groups in total. The molecule has 2 rings (SSSR count). The number of pyridine rings is 1. The van der Waals surface area contributed by atoms with Crippen molar-refractivity contribution in [1.82, 2.24) is 4.98 Å². The van der Waals surface area contributed by atoms with Crippen molar-refractivity contribution < 1.29 is 13.3 Å². The van der Waals surface area contributed by atoms with Crippen molar-refractivity contribution in [2.75, 3.05) is 22.6 Å². The number of hydrogen-bond donors (Lipinski definition) is 2. The van der Waals surface area contributed by atoms with E-state index >= 15 is 0 Å². The van der Waals surface area contributed by atoms with Crippen molar-refractivity contribution in [3.63, 3.8) is 0 Å². The molecule has 0 saturated carbocycles. The smallest absolute Gasteiger partial charge is 0.311 e. The molecule has 0 spiro atoms. The molecule has 8 nitrogen and oxygen atoms in total. The molecule has 1 aliphatic rings. The molecule has 1 aliphatic heterocycles. The molecule has 1 saturated heterocycles. The average molecular weight is 286 g/mol. The molecule has 2 heterocycles. The van der Waals surface area contributed by atoms with Gasteiger partial charge in [0, 0.05) is 12.1 Å². The monoisotopic (exact) mass is 286 g/mol. The standard InChI is InChI=1S/C10H14N4O4S/c11-10-8(14(15)16)1-2-9(13-10)12-7-3-5-19(17,18)6-4-7/h1-2,7H,3-6H2,(H3,11,12,13). The van der Waals surface area contributed by atoms with Gasteiger partial charge in [0.05, 0.1) is 16.4 Å². The Bertz CT molecular complexity index is 588. The van der Waals surface area contributed by atoms with Crippen molar-refractivity contribution in [3.8, 4) is 0 Å². The van der Waals surface area contributed by atoms with Gasteiger partial charge < -0.3 is 11.1 Å². The van der Waals surface area contributed by atoms with Crippen molar-refractivity contribution in [1.29, 1.82) is 0 Å². The van der Waals surface area contributed by atoms with Crippen LogP contribution < -0.4 is 11.1 Å². The number of hydrogen-bond acceptors (Lipinski definition) is 7. The Morgan fingerprint density at radius 3 is 2.53 bits per heavy atom. The van der Waals surface area contributed by atoms with Gasteiger partial charge in [-0.05, 0) is 18.9 Å². The van der Waals surface area contributed by atoms with Gasteiger partial charge in [-0.3, -0.25) is 10.1 Å². The van der Waals surface area contributed by atoms with Gasteiger partial charge in [-0.15, -0.1) is 0 Å². The van der Waals surface area contributed by atoms with E-state index in [0.29, 0.717) is 18.7 Å². The van der Waals surface area contributed by atoms with Crippen LogP contribution in [0.15, 0.2) is 12.1 Å². The summed E-state index contributed by atoms with van der Waals surface area (Å²) in [7, 11) is -2.91. The van der Waals surface area contributed by atoms with E-state index in [1.807, 2.05) is 0 Å². The second-order valence-corrected chi connectivity index (χ2v) is 6.73. The average Bonchev–Trinajstić information content (AvgIpc) is 2.31. The van der Waals surface area contributed by atoms with Crippen molar-refractivity contribution in [2.24, 2.45) is 0 Å². The fourth-order valence-corrected chi connectivity index (χ4v) is 3.44. The summed E-state index contributed by atoms with van der Waals surface area (Å²) in [5.41, 5.74) is 5.24. The number of sulfone groups is 1. The lowest BCUT2D eigenvalue weighted by Crippen LogP contribution is -2.32. The first-order valence-corrected chi connectivity index (χ1v) is 7.57. The zero-order valence-corrected chi connectivity index (χ0v) is 10.9. The third-order valence-electron chi connectivity index (χ3n) is 3.01. The predicted octanol–water partition coefficient (Wildman–Crippen LogP) is 0.561. The van der Waals surface area contributed by atoms with E-state index < -0.39 is 14.8 Å². The SMILES string of the molecule is Nc1nc(NC2CCS(=O)(=O)CC2)ccc1[N+](=O)[O-]. The second kappa shape index (κ2) is 5.00. The van der Waals surface area contributed by atoms with Gasteiger partial charge in [0.2, 0.25) is 5.82 Å². The zero-order chi connectivity index (χ0) is 14.0. The Hall–Kier alpha value is -1.90. The molecule has 1 aromatic heterocycles. The summed E-state index contributed by atoms with van der Waals surface area (Å²) in [6.45, 7) is 0. The Balaban J connectivity index is 2.04. The fourth-order valence-electron chi connectivity index (χ4n) is 1.95. The summed E-state index contributed by atoms with van der Waals surface area (Å²) in [6, 6.07) is 2.75. The van der Waals surface area contributed by atoms with Crippen LogP contribution in [0.4, 0.5) is 17.3 Å². The maximum atomic E-state index is 11.3. The fraction of sp³-hybridized carbons (Fsp3) is 0.500. The summed E-state index contributed by atoms with van der Waals surface area (Å²) in [4.78, 5) is 13.9. The van der Waals surface area contributed by atoms with Crippen LogP contribution in [0.1, 0.15) is 12.8 Å². The minimum atomic E-state index is -2.91. The van der Waals surface area contributed by atoms with Crippen molar-refractivity contribution in [2.45, 2.75) is 18.9 Å². The van der Waals surface area contributed by atoms with Crippen LogP contribution in [-0.2, 0) is 9.84 Å². The number of nitrogens with two attached hydrogens (primary N) is 1. The van der Waals surface area contributed by atoms with E-state index in [1.54, 1.807) is 0 Å². The van der Waals surface area contributed by atoms with Crippen LogP contribution in [0, 0.1) is 10.1 Å². The minimum Gasteiger partial charge on any atom is -0.378 e. The third kappa shape index (κ3) is 3.31. The topological polar surface area (TPSA) is 128 Å². The van der Waals surface area contributed by atoms with Gasteiger partial charge in [0.1, 0.15) is 15.7 Å². The van der Waals surface area contributed by atoms with E-state index in [1.165, 1.54) is 12.1 Å². The number of nitrogens with zero attached hydrogens (tertiary/aromatic N) is 2. The maximum absolute atomic E-state index is 11.3. The third-order valence-corrected chi connectivity index (χ3v) is 4.72. The number of aromatic nitrogens is 1. The Labute approximate surface area is 110 Å². The molecule has 104 valence electrons. The number of rotatable bonds is 3. The van der Waals surface area contributed by atoms with E-state index in [9.17, 15) is 18.5 Å². The summed E-state index contributed by atoms with van der Waals surface area (Å²) in [5.74, 6) is 0.561. The molecule has 0 unspecified atom stereocenters. The van der Waals surface area contributed by atoms with Gasteiger partial charge in [-0.25, -0.2) is 13.4 Å². The van der Waals surface area contributed by atoms with Crippen LogP contribution in [0.25, 0.3) is 0 Å². The molecular formula is C10H14N4O4S. The molecule has 0 aliphatic carbocycles. The number of nitrogens with one attached hydrogen (secondary N) is 1. The highest BCUT2D eigenvalue weighted by molar-refractivity contribution is 7.91. The van der Waals surface area contributed by atoms with Crippen molar-refractivity contribution in [3.05, 3.63) is 22.2 Å². The molecule has 19 heavy (non-hydrogen) atoms. The van der Waals surface area contributed by atoms with Crippen LogP contribution >= 0.6 is 0 Å².